The monoisotopic (exact) mass is 520 g/mol. The van der Waals surface area contributed by atoms with Crippen LogP contribution in [0.2, 0.25) is 5.02 Å². The van der Waals surface area contributed by atoms with Gasteiger partial charge in [0.15, 0.2) is 0 Å². The Kier molecular flexibility index (Phi) is 8.18. The Labute approximate surface area is 222 Å². The van der Waals surface area contributed by atoms with E-state index < -0.39 is 0 Å². The number of rotatable bonds is 6. The number of carbonyl (C=O) groups excluding carboxylic acids is 1. The van der Waals surface area contributed by atoms with Crippen LogP contribution in [0.25, 0.3) is 0 Å². The molecule has 0 bridgehead atoms. The topological polar surface area (TPSA) is 75.8 Å². The van der Waals surface area contributed by atoms with Gasteiger partial charge in [0, 0.05) is 71.5 Å². The summed E-state index contributed by atoms with van der Waals surface area (Å²) in [6.45, 7) is 7.99. The lowest BCUT2D eigenvalue weighted by Gasteiger charge is -2.34. The van der Waals surface area contributed by atoms with Crippen molar-refractivity contribution in [2.24, 2.45) is 0 Å². The van der Waals surface area contributed by atoms with Crippen LogP contribution in [-0.2, 0) is 13.1 Å². The molecule has 2 fully saturated rings. The van der Waals surface area contributed by atoms with Gasteiger partial charge in [0.05, 0.1) is 16.3 Å². The molecule has 0 saturated carbocycles. The second kappa shape index (κ2) is 11.9. The summed E-state index contributed by atoms with van der Waals surface area (Å²) in [4.78, 5) is 42.0. The summed E-state index contributed by atoms with van der Waals surface area (Å²) in [6, 6.07) is 19.3. The van der Waals surface area contributed by atoms with Crippen LogP contribution in [0.4, 0.5) is 5.95 Å². The van der Waals surface area contributed by atoms with Crippen molar-refractivity contribution in [2.45, 2.75) is 19.5 Å². The number of anilines is 1. The van der Waals surface area contributed by atoms with Gasteiger partial charge < -0.3 is 9.80 Å². The number of piperazine rings is 1. The summed E-state index contributed by atoms with van der Waals surface area (Å²) in [7, 11) is 0. The Morgan fingerprint density at radius 3 is 2.30 bits per heavy atom. The summed E-state index contributed by atoms with van der Waals surface area (Å²) in [5.74, 6) is 0.520. The highest BCUT2D eigenvalue weighted by molar-refractivity contribution is 6.33. The van der Waals surface area contributed by atoms with Gasteiger partial charge in [-0.1, -0.05) is 54.1 Å². The molecule has 1 N–H and O–H groups in total. The second-order valence-corrected chi connectivity index (χ2v) is 10.1. The van der Waals surface area contributed by atoms with Crippen LogP contribution in [-0.4, -0.2) is 82.9 Å². The number of amides is 1. The maximum atomic E-state index is 13.0. The zero-order valence-corrected chi connectivity index (χ0v) is 21.7. The molecule has 8 nitrogen and oxygen atoms in total. The van der Waals surface area contributed by atoms with Gasteiger partial charge in [-0.05, 0) is 24.1 Å². The lowest BCUT2D eigenvalue weighted by Crippen LogP contribution is -2.45. The third-order valence-electron chi connectivity index (χ3n) is 7.07. The van der Waals surface area contributed by atoms with Crippen LogP contribution in [0, 0.1) is 0 Å². The number of nitrogens with zero attached hydrogens (tertiary/aromatic N) is 5. The first kappa shape index (κ1) is 25.4. The van der Waals surface area contributed by atoms with E-state index in [0.29, 0.717) is 42.7 Å². The molecule has 5 rings (SSSR count). The summed E-state index contributed by atoms with van der Waals surface area (Å²) < 4.78 is 0. The molecular weight excluding hydrogens is 488 g/mol. The number of aromatic nitrogens is 2. The van der Waals surface area contributed by atoms with Gasteiger partial charge in [0.1, 0.15) is 0 Å². The predicted molar refractivity (Wildman–Crippen MR) is 146 cm³/mol. The Balaban J connectivity index is 1.18. The van der Waals surface area contributed by atoms with Gasteiger partial charge in [-0.15, -0.1) is 0 Å². The van der Waals surface area contributed by atoms with E-state index in [-0.39, 0.29) is 11.5 Å². The van der Waals surface area contributed by atoms with E-state index >= 15 is 0 Å². The number of H-pyrrole nitrogens is 1. The molecule has 2 aromatic carbocycles. The third-order valence-corrected chi connectivity index (χ3v) is 7.40. The lowest BCUT2D eigenvalue weighted by atomic mass is 10.2. The molecule has 2 aliphatic heterocycles. The number of hydrogen-bond acceptors (Lipinski definition) is 6. The molecule has 3 aromatic rings. The van der Waals surface area contributed by atoms with Crippen molar-refractivity contribution in [3.8, 4) is 0 Å². The largest absolute Gasteiger partial charge is 0.340 e. The Hall–Kier alpha value is -3.20. The van der Waals surface area contributed by atoms with E-state index in [1.807, 2.05) is 23.1 Å². The van der Waals surface area contributed by atoms with Crippen molar-refractivity contribution in [1.82, 2.24) is 24.7 Å². The third kappa shape index (κ3) is 6.57. The fraction of sp³-hybridized carbons (Fsp3) is 0.393. The molecular formula is C28H33ClN6O2. The van der Waals surface area contributed by atoms with Crippen LogP contribution in [0.5, 0.6) is 0 Å². The molecule has 1 amide bonds. The van der Waals surface area contributed by atoms with E-state index in [1.54, 1.807) is 18.2 Å². The van der Waals surface area contributed by atoms with Crippen molar-refractivity contribution in [3.63, 3.8) is 0 Å². The molecule has 0 radical (unpaired) electrons. The maximum Gasteiger partial charge on any atom is 0.255 e. The maximum absolute atomic E-state index is 13.0. The Morgan fingerprint density at radius 1 is 0.838 bits per heavy atom. The van der Waals surface area contributed by atoms with Gasteiger partial charge in [-0.25, -0.2) is 4.98 Å². The van der Waals surface area contributed by atoms with Gasteiger partial charge in [0.2, 0.25) is 5.95 Å². The lowest BCUT2D eigenvalue weighted by molar-refractivity contribution is 0.0767. The van der Waals surface area contributed by atoms with Gasteiger partial charge >= 0.3 is 0 Å². The average molecular weight is 521 g/mol. The fourth-order valence-corrected chi connectivity index (χ4v) is 5.25. The Bertz CT molecular complexity index is 1260. The molecule has 0 spiro atoms. The Morgan fingerprint density at radius 2 is 1.54 bits per heavy atom. The highest BCUT2D eigenvalue weighted by Gasteiger charge is 2.23. The molecule has 37 heavy (non-hydrogen) atoms. The molecule has 0 unspecified atom stereocenters. The molecule has 0 atom stereocenters. The van der Waals surface area contributed by atoms with E-state index in [0.717, 1.165) is 51.4 Å². The van der Waals surface area contributed by atoms with Crippen molar-refractivity contribution in [1.29, 1.82) is 0 Å². The number of hydrogen-bond donors (Lipinski definition) is 1. The number of carbonyl (C=O) groups is 1. The SMILES string of the molecule is O=C(c1ccccc1Cl)N1CCCN(c2nc(CN3CCN(Cc4ccccc4)CC3)cc(=O)[nH]2)CC1. The van der Waals surface area contributed by atoms with Crippen LogP contribution >= 0.6 is 11.6 Å². The molecule has 2 saturated heterocycles. The predicted octanol–water partition coefficient (Wildman–Crippen LogP) is 3.09. The summed E-state index contributed by atoms with van der Waals surface area (Å²) in [5.41, 5.74) is 2.50. The highest BCUT2D eigenvalue weighted by atomic mass is 35.5. The summed E-state index contributed by atoms with van der Waals surface area (Å²) >= 11 is 6.25. The van der Waals surface area contributed by atoms with Gasteiger partial charge in [-0.2, -0.15) is 0 Å². The van der Waals surface area contributed by atoms with E-state index in [2.05, 4.69) is 43.9 Å². The number of aromatic amines is 1. The average Bonchev–Trinajstić information content (AvgIpc) is 3.17. The van der Waals surface area contributed by atoms with Crippen LogP contribution in [0.1, 0.15) is 28.0 Å². The zero-order valence-electron chi connectivity index (χ0n) is 21.0. The number of nitrogens with one attached hydrogen (secondary N) is 1. The number of benzene rings is 2. The van der Waals surface area contributed by atoms with Crippen LogP contribution in [0.15, 0.2) is 65.5 Å². The minimum atomic E-state index is -0.143. The molecule has 1 aromatic heterocycles. The van der Waals surface area contributed by atoms with Gasteiger partial charge in [-0.3, -0.25) is 24.4 Å². The first-order valence-electron chi connectivity index (χ1n) is 12.9. The van der Waals surface area contributed by atoms with Crippen molar-refractivity contribution in [2.75, 3.05) is 57.3 Å². The smallest absolute Gasteiger partial charge is 0.255 e. The van der Waals surface area contributed by atoms with Crippen LogP contribution in [0.3, 0.4) is 0 Å². The van der Waals surface area contributed by atoms with Crippen molar-refractivity contribution in [3.05, 3.63) is 92.9 Å². The first-order valence-corrected chi connectivity index (χ1v) is 13.3. The molecule has 2 aliphatic rings. The molecule has 3 heterocycles. The second-order valence-electron chi connectivity index (χ2n) is 9.71. The van der Waals surface area contributed by atoms with Crippen molar-refractivity contribution >= 4 is 23.5 Å². The number of halogens is 1. The van der Waals surface area contributed by atoms with Crippen molar-refractivity contribution < 1.29 is 4.79 Å². The quantitative estimate of drug-likeness (QED) is 0.538. The van der Waals surface area contributed by atoms with Gasteiger partial charge in [0.25, 0.3) is 11.5 Å². The van der Waals surface area contributed by atoms with E-state index in [4.69, 9.17) is 16.6 Å². The molecule has 0 aliphatic carbocycles. The summed E-state index contributed by atoms with van der Waals surface area (Å²) in [5, 5.41) is 0.466. The van der Waals surface area contributed by atoms with E-state index in [1.165, 1.54) is 5.56 Å². The normalized spacial score (nSPS) is 17.5. The fourth-order valence-electron chi connectivity index (χ4n) is 5.04. The zero-order chi connectivity index (χ0) is 25.6. The summed E-state index contributed by atoms with van der Waals surface area (Å²) in [6.07, 6.45) is 0.785. The molecule has 194 valence electrons. The van der Waals surface area contributed by atoms with E-state index in [9.17, 15) is 9.59 Å². The minimum Gasteiger partial charge on any atom is -0.340 e. The standard InChI is InChI=1S/C28H33ClN6O2/c29-25-10-5-4-9-24(25)27(37)34-11-6-12-35(18-17-34)28-30-23(19-26(36)31-28)21-33-15-13-32(14-16-33)20-22-7-2-1-3-8-22/h1-5,7-10,19H,6,11-18,20-21H2,(H,30,31,36). The van der Waals surface area contributed by atoms with Crippen LogP contribution < -0.4 is 10.5 Å². The molecule has 9 heteroatoms. The minimum absolute atomic E-state index is 0.0611. The first-order chi connectivity index (χ1) is 18.0. The highest BCUT2D eigenvalue weighted by Crippen LogP contribution is 2.19.